The van der Waals surface area contributed by atoms with E-state index in [1.165, 1.54) is 9.30 Å². The summed E-state index contributed by atoms with van der Waals surface area (Å²) in [5, 5.41) is 7.94. The van der Waals surface area contributed by atoms with Crippen LogP contribution in [0, 0.1) is 0 Å². The number of fused-ring (bicyclic) bond motifs is 3. The number of aromatic nitrogens is 4. The molecule has 9 heteroatoms. The Morgan fingerprint density at radius 3 is 2.75 bits per heavy atom. The zero-order chi connectivity index (χ0) is 20.1. The number of carbonyl (C=O) groups excluding carboxylic acids is 2. The predicted octanol–water partition coefficient (Wildman–Crippen LogP) is 0.344. The van der Waals surface area contributed by atoms with Crippen molar-refractivity contribution in [3.05, 3.63) is 40.6 Å². The highest BCUT2D eigenvalue weighted by molar-refractivity contribution is 5.92. The van der Waals surface area contributed by atoms with Gasteiger partial charge in [-0.2, -0.15) is 0 Å². The molecule has 1 aliphatic heterocycles. The van der Waals surface area contributed by atoms with Crippen LogP contribution in [0.4, 0.5) is 0 Å². The molecule has 28 heavy (non-hydrogen) atoms. The number of hydrogen-bond donors (Lipinski definition) is 1. The number of piperazine rings is 1. The van der Waals surface area contributed by atoms with Gasteiger partial charge in [-0.3, -0.25) is 9.59 Å². The quantitative estimate of drug-likeness (QED) is 0.704. The summed E-state index contributed by atoms with van der Waals surface area (Å²) in [5.41, 5.74) is -0.140. The van der Waals surface area contributed by atoms with Crippen LogP contribution in [0.3, 0.4) is 0 Å². The second-order valence-corrected chi connectivity index (χ2v) is 7.36. The smallest absolute Gasteiger partial charge is 0.352 e. The Morgan fingerprint density at radius 2 is 2.00 bits per heavy atom. The largest absolute Gasteiger partial charge is 0.352 e. The van der Waals surface area contributed by atoms with Crippen molar-refractivity contribution < 1.29 is 9.59 Å². The molecule has 2 aromatic heterocycles. The van der Waals surface area contributed by atoms with Gasteiger partial charge in [0.1, 0.15) is 17.9 Å². The molecular weight excluding hydrogens is 360 g/mol. The standard InChI is InChI=1S/C19H22N6O3/c1-4-14-21-13-8-6-5-7-12(13)16-22-24(18(28)25(14)16)11-15(26)23-10-9-20-17(27)19(23,2)3/h5-8H,4,9-11H2,1-3H3,(H,20,27). The zero-order valence-electron chi connectivity index (χ0n) is 16.1. The molecule has 1 aliphatic rings. The van der Waals surface area contributed by atoms with Crippen molar-refractivity contribution in [1.29, 1.82) is 0 Å². The maximum absolute atomic E-state index is 13.0. The van der Waals surface area contributed by atoms with E-state index in [9.17, 15) is 14.4 Å². The Balaban J connectivity index is 1.79. The Morgan fingerprint density at radius 1 is 1.25 bits per heavy atom. The Kier molecular flexibility index (Phi) is 4.17. The maximum Gasteiger partial charge on any atom is 0.352 e. The summed E-state index contributed by atoms with van der Waals surface area (Å²) in [7, 11) is 0. The third kappa shape index (κ3) is 2.65. The zero-order valence-corrected chi connectivity index (χ0v) is 16.1. The fourth-order valence-electron chi connectivity index (χ4n) is 3.65. The molecule has 0 unspecified atom stereocenters. The van der Waals surface area contributed by atoms with Crippen molar-refractivity contribution in [3.8, 4) is 0 Å². The van der Waals surface area contributed by atoms with E-state index in [4.69, 9.17) is 0 Å². The molecule has 0 radical (unpaired) electrons. The van der Waals surface area contributed by atoms with Gasteiger partial charge in [0, 0.05) is 24.9 Å². The molecule has 1 fully saturated rings. The molecule has 2 amide bonds. The summed E-state index contributed by atoms with van der Waals surface area (Å²) in [5.74, 6) is 0.0636. The lowest BCUT2D eigenvalue weighted by molar-refractivity contribution is -0.149. The van der Waals surface area contributed by atoms with E-state index in [1.54, 1.807) is 13.8 Å². The highest BCUT2D eigenvalue weighted by Gasteiger charge is 2.40. The van der Waals surface area contributed by atoms with Crippen LogP contribution >= 0.6 is 0 Å². The summed E-state index contributed by atoms with van der Waals surface area (Å²) in [6, 6.07) is 7.47. The summed E-state index contributed by atoms with van der Waals surface area (Å²) < 4.78 is 2.62. The Bertz CT molecular complexity index is 1160. The predicted molar refractivity (Wildman–Crippen MR) is 103 cm³/mol. The molecule has 1 aromatic carbocycles. The van der Waals surface area contributed by atoms with Gasteiger partial charge in [0.25, 0.3) is 0 Å². The number of aryl methyl sites for hydroxylation is 1. The van der Waals surface area contributed by atoms with Gasteiger partial charge in [-0.05, 0) is 26.0 Å². The lowest BCUT2D eigenvalue weighted by Crippen LogP contribution is -2.64. The van der Waals surface area contributed by atoms with E-state index in [2.05, 4.69) is 15.4 Å². The normalized spacial score (nSPS) is 16.5. The van der Waals surface area contributed by atoms with Crippen LogP contribution in [-0.2, 0) is 22.6 Å². The van der Waals surface area contributed by atoms with Gasteiger partial charge in [0.15, 0.2) is 5.65 Å². The fourth-order valence-corrected chi connectivity index (χ4v) is 3.65. The van der Waals surface area contributed by atoms with Crippen LogP contribution < -0.4 is 11.0 Å². The molecule has 3 aromatic rings. The highest BCUT2D eigenvalue weighted by atomic mass is 16.2. The van der Waals surface area contributed by atoms with Crippen molar-refractivity contribution in [3.63, 3.8) is 0 Å². The lowest BCUT2D eigenvalue weighted by atomic mass is 9.99. The highest BCUT2D eigenvalue weighted by Crippen LogP contribution is 2.19. The van der Waals surface area contributed by atoms with E-state index >= 15 is 0 Å². The van der Waals surface area contributed by atoms with Gasteiger partial charge in [-0.15, -0.1) is 5.10 Å². The number of para-hydroxylation sites is 1. The molecule has 146 valence electrons. The molecule has 0 saturated carbocycles. The number of nitrogens with zero attached hydrogens (tertiary/aromatic N) is 5. The van der Waals surface area contributed by atoms with E-state index < -0.39 is 11.2 Å². The summed E-state index contributed by atoms with van der Waals surface area (Å²) in [4.78, 5) is 44.0. The van der Waals surface area contributed by atoms with Crippen LogP contribution in [-0.4, -0.2) is 54.5 Å². The topological polar surface area (TPSA) is 102 Å². The Hall–Kier alpha value is -3.23. The van der Waals surface area contributed by atoms with Crippen LogP contribution in [0.2, 0.25) is 0 Å². The number of rotatable bonds is 3. The molecule has 9 nitrogen and oxygen atoms in total. The first-order valence-electron chi connectivity index (χ1n) is 9.30. The molecule has 0 aliphatic carbocycles. The SMILES string of the molecule is CCc1nc2ccccc2c2nn(CC(=O)N3CCNC(=O)C3(C)C)c(=O)n12. The van der Waals surface area contributed by atoms with Gasteiger partial charge < -0.3 is 10.2 Å². The van der Waals surface area contributed by atoms with Crippen LogP contribution in [0.5, 0.6) is 0 Å². The van der Waals surface area contributed by atoms with Crippen LogP contribution in [0.1, 0.15) is 26.6 Å². The molecule has 0 bridgehead atoms. The monoisotopic (exact) mass is 382 g/mol. The molecule has 0 atom stereocenters. The maximum atomic E-state index is 13.0. The second kappa shape index (κ2) is 6.43. The summed E-state index contributed by atoms with van der Waals surface area (Å²) >= 11 is 0. The lowest BCUT2D eigenvalue weighted by Gasteiger charge is -2.41. The van der Waals surface area contributed by atoms with Gasteiger partial charge >= 0.3 is 5.69 Å². The Labute approximate surface area is 161 Å². The average Bonchev–Trinajstić information content (AvgIpc) is 3.00. The van der Waals surface area contributed by atoms with E-state index in [1.807, 2.05) is 31.2 Å². The molecule has 0 spiro atoms. The fraction of sp³-hybridized carbons (Fsp3) is 0.421. The van der Waals surface area contributed by atoms with Gasteiger partial charge in [-0.1, -0.05) is 19.1 Å². The molecular formula is C19H22N6O3. The first kappa shape index (κ1) is 18.1. The summed E-state index contributed by atoms with van der Waals surface area (Å²) in [6.07, 6.45) is 0.556. The van der Waals surface area contributed by atoms with E-state index in [-0.39, 0.29) is 18.4 Å². The minimum Gasteiger partial charge on any atom is -0.352 e. The molecule has 1 saturated heterocycles. The number of carbonyl (C=O) groups is 2. The van der Waals surface area contributed by atoms with Crippen molar-refractivity contribution in [1.82, 2.24) is 29.4 Å². The third-order valence-electron chi connectivity index (χ3n) is 5.25. The van der Waals surface area contributed by atoms with Crippen molar-refractivity contribution in [2.75, 3.05) is 13.1 Å². The van der Waals surface area contributed by atoms with Crippen molar-refractivity contribution in [2.24, 2.45) is 0 Å². The number of amides is 2. The number of hydrogen-bond acceptors (Lipinski definition) is 5. The molecule has 1 N–H and O–H groups in total. The molecule has 3 heterocycles. The second-order valence-electron chi connectivity index (χ2n) is 7.36. The van der Waals surface area contributed by atoms with E-state index in [0.717, 1.165) is 15.6 Å². The van der Waals surface area contributed by atoms with Gasteiger partial charge in [0.05, 0.1) is 5.52 Å². The van der Waals surface area contributed by atoms with Gasteiger partial charge in [-0.25, -0.2) is 18.9 Å². The first-order chi connectivity index (χ1) is 13.3. The average molecular weight is 382 g/mol. The minimum absolute atomic E-state index is 0.210. The third-order valence-corrected chi connectivity index (χ3v) is 5.25. The van der Waals surface area contributed by atoms with Crippen molar-refractivity contribution in [2.45, 2.75) is 39.3 Å². The van der Waals surface area contributed by atoms with Crippen molar-refractivity contribution >= 4 is 28.4 Å². The van der Waals surface area contributed by atoms with Crippen LogP contribution in [0.25, 0.3) is 16.6 Å². The van der Waals surface area contributed by atoms with Crippen LogP contribution in [0.15, 0.2) is 29.1 Å². The first-order valence-corrected chi connectivity index (χ1v) is 9.30. The van der Waals surface area contributed by atoms with E-state index in [0.29, 0.717) is 31.0 Å². The minimum atomic E-state index is -0.971. The number of benzene rings is 1. The summed E-state index contributed by atoms with van der Waals surface area (Å²) in [6.45, 7) is 5.86. The van der Waals surface area contributed by atoms with Gasteiger partial charge in [0.2, 0.25) is 11.8 Å². The number of nitrogens with one attached hydrogen (secondary N) is 1. The molecule has 4 rings (SSSR count).